The second-order valence-electron chi connectivity index (χ2n) is 4.51. The second kappa shape index (κ2) is 6.39. The molecule has 1 aliphatic heterocycles. The summed E-state index contributed by atoms with van der Waals surface area (Å²) in [4.78, 5) is 25.8. The lowest BCUT2D eigenvalue weighted by atomic mass is 10.2. The third-order valence-electron chi connectivity index (χ3n) is 2.64. The van der Waals surface area contributed by atoms with Crippen LogP contribution in [0.15, 0.2) is 12.7 Å². The molecule has 1 rings (SSSR count). The second-order valence-corrected chi connectivity index (χ2v) is 4.51. The number of aliphatic carboxylic acids is 1. The smallest absolute Gasteiger partial charge is 0.323 e. The Morgan fingerprint density at radius 1 is 1.44 bits per heavy atom. The highest BCUT2D eigenvalue weighted by molar-refractivity contribution is 5.80. The molecule has 18 heavy (non-hydrogen) atoms. The van der Waals surface area contributed by atoms with Crippen LogP contribution in [0.4, 0.5) is 4.79 Å². The summed E-state index contributed by atoms with van der Waals surface area (Å²) in [6.07, 6.45) is 1.45. The zero-order chi connectivity index (χ0) is 13.7. The molecule has 0 aliphatic carbocycles. The molecule has 0 spiro atoms. The Morgan fingerprint density at radius 2 is 2.00 bits per heavy atom. The molecule has 0 radical (unpaired) electrons. The van der Waals surface area contributed by atoms with Gasteiger partial charge in [0.05, 0.1) is 12.2 Å². The number of hydrogen-bond donors (Lipinski definition) is 1. The van der Waals surface area contributed by atoms with E-state index < -0.39 is 5.97 Å². The minimum Gasteiger partial charge on any atom is -0.480 e. The van der Waals surface area contributed by atoms with E-state index in [9.17, 15) is 9.59 Å². The van der Waals surface area contributed by atoms with Crippen molar-refractivity contribution in [1.82, 2.24) is 9.80 Å². The first-order valence-electron chi connectivity index (χ1n) is 5.96. The van der Waals surface area contributed by atoms with Crippen molar-refractivity contribution in [3.63, 3.8) is 0 Å². The number of morpholine rings is 1. The molecule has 1 N–H and O–H groups in total. The van der Waals surface area contributed by atoms with E-state index in [0.29, 0.717) is 13.1 Å². The SMILES string of the molecule is C=CCN(CC(=O)O)C(=O)N1CC(C)OC(C)C1. The Balaban J connectivity index is 2.69. The Bertz CT molecular complexity index is 322. The van der Waals surface area contributed by atoms with Gasteiger partial charge in [0.25, 0.3) is 0 Å². The van der Waals surface area contributed by atoms with Crippen LogP contribution in [0.25, 0.3) is 0 Å². The first kappa shape index (κ1) is 14.5. The van der Waals surface area contributed by atoms with Gasteiger partial charge in [-0.05, 0) is 13.8 Å². The molecule has 1 fully saturated rings. The minimum absolute atomic E-state index is 0.0342. The molecule has 2 atom stereocenters. The van der Waals surface area contributed by atoms with Crippen molar-refractivity contribution < 1.29 is 19.4 Å². The van der Waals surface area contributed by atoms with Crippen molar-refractivity contribution in [1.29, 1.82) is 0 Å². The van der Waals surface area contributed by atoms with E-state index in [-0.39, 0.29) is 31.3 Å². The fourth-order valence-electron chi connectivity index (χ4n) is 2.06. The highest BCUT2D eigenvalue weighted by atomic mass is 16.5. The molecule has 1 heterocycles. The minimum atomic E-state index is -1.03. The van der Waals surface area contributed by atoms with Gasteiger partial charge in [0.2, 0.25) is 0 Å². The first-order chi connectivity index (χ1) is 8.43. The van der Waals surface area contributed by atoms with E-state index in [2.05, 4.69) is 6.58 Å². The molecule has 1 saturated heterocycles. The van der Waals surface area contributed by atoms with Gasteiger partial charge in [-0.2, -0.15) is 0 Å². The van der Waals surface area contributed by atoms with Crippen LogP contribution >= 0.6 is 0 Å². The Kier molecular flexibility index (Phi) is 5.15. The third kappa shape index (κ3) is 4.03. The van der Waals surface area contributed by atoms with Gasteiger partial charge in [-0.25, -0.2) is 4.79 Å². The predicted octanol–water partition coefficient (Wildman–Crippen LogP) is 0.788. The van der Waals surface area contributed by atoms with Crippen molar-refractivity contribution in [2.75, 3.05) is 26.2 Å². The topological polar surface area (TPSA) is 70.1 Å². The average molecular weight is 256 g/mol. The van der Waals surface area contributed by atoms with E-state index >= 15 is 0 Å². The predicted molar refractivity (Wildman–Crippen MR) is 66.4 cm³/mol. The molecule has 1 aliphatic rings. The summed E-state index contributed by atoms with van der Waals surface area (Å²) >= 11 is 0. The molecule has 2 amide bonds. The molecule has 0 aromatic heterocycles. The number of carbonyl (C=O) groups excluding carboxylic acids is 1. The molecule has 0 aromatic rings. The maximum atomic E-state index is 12.2. The summed E-state index contributed by atoms with van der Waals surface area (Å²) in [7, 11) is 0. The number of ether oxygens (including phenoxy) is 1. The lowest BCUT2D eigenvalue weighted by molar-refractivity contribution is -0.137. The maximum Gasteiger partial charge on any atom is 0.323 e. The molecular formula is C12H20N2O4. The molecular weight excluding hydrogens is 236 g/mol. The van der Waals surface area contributed by atoms with Gasteiger partial charge in [-0.15, -0.1) is 6.58 Å². The van der Waals surface area contributed by atoms with Crippen LogP contribution in [0.2, 0.25) is 0 Å². The highest BCUT2D eigenvalue weighted by Crippen LogP contribution is 2.12. The average Bonchev–Trinajstić information content (AvgIpc) is 2.25. The monoisotopic (exact) mass is 256 g/mol. The van der Waals surface area contributed by atoms with Crippen LogP contribution in [-0.4, -0.2) is 65.3 Å². The number of carboxylic acids is 1. The molecule has 0 aromatic carbocycles. The van der Waals surface area contributed by atoms with Crippen LogP contribution in [-0.2, 0) is 9.53 Å². The van der Waals surface area contributed by atoms with Gasteiger partial charge < -0.3 is 19.6 Å². The third-order valence-corrected chi connectivity index (χ3v) is 2.64. The summed E-state index contributed by atoms with van der Waals surface area (Å²) in [6, 6.07) is -0.278. The van der Waals surface area contributed by atoms with E-state index in [0.717, 1.165) is 0 Å². The summed E-state index contributed by atoms with van der Waals surface area (Å²) in [6.45, 7) is 8.20. The zero-order valence-electron chi connectivity index (χ0n) is 10.8. The molecule has 0 saturated carbocycles. The van der Waals surface area contributed by atoms with E-state index in [4.69, 9.17) is 9.84 Å². The molecule has 6 heteroatoms. The summed E-state index contributed by atoms with van der Waals surface area (Å²) in [5.41, 5.74) is 0. The van der Waals surface area contributed by atoms with Gasteiger partial charge in [-0.1, -0.05) is 6.08 Å². The Morgan fingerprint density at radius 3 is 2.44 bits per heavy atom. The number of rotatable bonds is 4. The van der Waals surface area contributed by atoms with Crippen LogP contribution in [0.5, 0.6) is 0 Å². The van der Waals surface area contributed by atoms with Crippen molar-refractivity contribution in [2.24, 2.45) is 0 Å². The number of carboxylic acid groups (broad SMARTS) is 1. The Hall–Kier alpha value is -1.56. The largest absolute Gasteiger partial charge is 0.480 e. The standard InChI is InChI=1S/C12H20N2O4/c1-4-5-13(8-11(15)16)12(17)14-6-9(2)18-10(3)7-14/h4,9-10H,1,5-8H2,2-3H3,(H,15,16). The van der Waals surface area contributed by atoms with E-state index in [1.165, 1.54) is 11.0 Å². The van der Waals surface area contributed by atoms with Crippen LogP contribution in [0.1, 0.15) is 13.8 Å². The van der Waals surface area contributed by atoms with E-state index in [1.54, 1.807) is 4.90 Å². The first-order valence-corrected chi connectivity index (χ1v) is 5.96. The number of nitrogens with zero attached hydrogens (tertiary/aromatic N) is 2. The summed E-state index contributed by atoms with van der Waals surface area (Å²) < 4.78 is 5.54. The summed E-state index contributed by atoms with van der Waals surface area (Å²) in [5.74, 6) is -1.03. The van der Waals surface area contributed by atoms with Gasteiger partial charge in [0.1, 0.15) is 6.54 Å². The van der Waals surface area contributed by atoms with Gasteiger partial charge in [0.15, 0.2) is 0 Å². The lowest BCUT2D eigenvalue weighted by Gasteiger charge is -2.37. The number of amides is 2. The van der Waals surface area contributed by atoms with Gasteiger partial charge in [0, 0.05) is 19.6 Å². The van der Waals surface area contributed by atoms with Crippen molar-refractivity contribution >= 4 is 12.0 Å². The van der Waals surface area contributed by atoms with Crippen molar-refractivity contribution in [2.45, 2.75) is 26.1 Å². The summed E-state index contributed by atoms with van der Waals surface area (Å²) in [5, 5.41) is 8.79. The van der Waals surface area contributed by atoms with Crippen LogP contribution in [0, 0.1) is 0 Å². The zero-order valence-corrected chi connectivity index (χ0v) is 10.8. The normalized spacial score (nSPS) is 23.6. The van der Waals surface area contributed by atoms with Gasteiger partial charge >= 0.3 is 12.0 Å². The number of hydrogen-bond acceptors (Lipinski definition) is 3. The fraction of sp³-hybridized carbons (Fsp3) is 0.667. The van der Waals surface area contributed by atoms with Gasteiger partial charge in [-0.3, -0.25) is 4.79 Å². The maximum absolute atomic E-state index is 12.2. The Labute approximate surface area is 107 Å². The number of urea groups is 1. The van der Waals surface area contributed by atoms with Crippen molar-refractivity contribution in [3.05, 3.63) is 12.7 Å². The van der Waals surface area contributed by atoms with Crippen molar-refractivity contribution in [3.8, 4) is 0 Å². The number of carbonyl (C=O) groups is 2. The fourth-order valence-corrected chi connectivity index (χ4v) is 2.06. The molecule has 6 nitrogen and oxygen atoms in total. The van der Waals surface area contributed by atoms with E-state index in [1.807, 2.05) is 13.8 Å². The quantitative estimate of drug-likeness (QED) is 0.755. The molecule has 102 valence electrons. The van der Waals surface area contributed by atoms with Crippen LogP contribution < -0.4 is 0 Å². The molecule has 0 bridgehead atoms. The van der Waals surface area contributed by atoms with Crippen LogP contribution in [0.3, 0.4) is 0 Å². The lowest BCUT2D eigenvalue weighted by Crippen LogP contribution is -2.53. The highest BCUT2D eigenvalue weighted by Gasteiger charge is 2.29. The molecule has 2 unspecified atom stereocenters.